The first-order chi connectivity index (χ1) is 17.8. The Balaban J connectivity index is 1.85. The van der Waals surface area contributed by atoms with Crippen LogP contribution in [0, 0.1) is 0 Å². The number of hydrogen-bond donors (Lipinski definition) is 0. The molecule has 0 spiro atoms. The van der Waals surface area contributed by atoms with E-state index in [1.165, 1.54) is 48.1 Å². The molecule has 0 amide bonds. The van der Waals surface area contributed by atoms with E-state index < -0.39 is 5.41 Å². The molecule has 1 heteroatoms. The van der Waals surface area contributed by atoms with Crippen LogP contribution in [0.5, 0.6) is 0 Å². The molecule has 0 radical (unpaired) electrons. The number of hydrogen-bond acceptors (Lipinski definition) is 0. The van der Waals surface area contributed by atoms with Crippen molar-refractivity contribution in [3.63, 3.8) is 0 Å². The van der Waals surface area contributed by atoms with Crippen molar-refractivity contribution in [2.24, 2.45) is 0 Å². The van der Waals surface area contributed by atoms with E-state index in [-0.39, 0.29) is 0 Å². The molecule has 172 valence electrons. The van der Waals surface area contributed by atoms with Crippen molar-refractivity contribution >= 4 is 39.3 Å². The van der Waals surface area contributed by atoms with Gasteiger partial charge in [0.25, 0.3) is 0 Å². The minimum atomic E-state index is -0.444. The summed E-state index contributed by atoms with van der Waals surface area (Å²) in [5.41, 5.74) is 9.75. The maximum atomic E-state index is 2.64. The SMILES string of the molecule is IC1=C(c2ccccc2)C(c2ccccc2)=C(c2ccccc2)C1(c1ccccc1)c1ccccc1. The average Bonchev–Trinajstić information content (AvgIpc) is 3.25. The third-order valence-electron chi connectivity index (χ3n) is 7.02. The zero-order valence-corrected chi connectivity index (χ0v) is 22.0. The number of allylic oxidation sites excluding steroid dienone is 4. The Morgan fingerprint density at radius 2 is 0.694 bits per heavy atom. The van der Waals surface area contributed by atoms with Crippen LogP contribution < -0.4 is 0 Å². The second-order valence-corrected chi connectivity index (χ2v) is 10.1. The Bertz CT molecular complexity index is 1490. The molecule has 1 aliphatic rings. The molecule has 0 saturated carbocycles. The minimum absolute atomic E-state index is 0.444. The van der Waals surface area contributed by atoms with Crippen molar-refractivity contribution in [1.82, 2.24) is 0 Å². The van der Waals surface area contributed by atoms with E-state index >= 15 is 0 Å². The molecular weight excluding hydrogens is 547 g/mol. The van der Waals surface area contributed by atoms with E-state index in [0.29, 0.717) is 0 Å². The molecule has 36 heavy (non-hydrogen) atoms. The molecule has 5 aromatic rings. The second kappa shape index (κ2) is 9.75. The van der Waals surface area contributed by atoms with Gasteiger partial charge < -0.3 is 0 Å². The Morgan fingerprint density at radius 3 is 1.11 bits per heavy atom. The van der Waals surface area contributed by atoms with Crippen LogP contribution in [0.3, 0.4) is 0 Å². The van der Waals surface area contributed by atoms with Gasteiger partial charge in [0.2, 0.25) is 0 Å². The first kappa shape index (κ1) is 22.8. The molecule has 0 heterocycles. The molecule has 0 N–H and O–H groups in total. The molecule has 0 nitrogen and oxygen atoms in total. The van der Waals surface area contributed by atoms with Crippen LogP contribution in [0.4, 0.5) is 0 Å². The highest BCUT2D eigenvalue weighted by atomic mass is 127. The number of rotatable bonds is 5. The Morgan fingerprint density at radius 1 is 0.361 bits per heavy atom. The van der Waals surface area contributed by atoms with Gasteiger partial charge in [-0.05, 0) is 61.6 Å². The zero-order chi connectivity index (χ0) is 24.4. The maximum Gasteiger partial charge on any atom is 0.0777 e. The van der Waals surface area contributed by atoms with Gasteiger partial charge >= 0.3 is 0 Å². The fraction of sp³-hybridized carbons (Fsp3) is 0.0286. The van der Waals surface area contributed by atoms with E-state index in [1.54, 1.807) is 0 Å². The summed E-state index contributed by atoms with van der Waals surface area (Å²) in [5, 5.41) is 0. The normalized spacial score (nSPS) is 14.8. The van der Waals surface area contributed by atoms with Crippen LogP contribution in [0.25, 0.3) is 16.7 Å². The van der Waals surface area contributed by atoms with Gasteiger partial charge in [-0.1, -0.05) is 152 Å². The monoisotopic (exact) mass is 572 g/mol. The Labute approximate surface area is 226 Å². The highest BCUT2D eigenvalue weighted by Gasteiger charge is 2.49. The van der Waals surface area contributed by atoms with Crippen LogP contribution in [0.15, 0.2) is 155 Å². The lowest BCUT2D eigenvalue weighted by Crippen LogP contribution is -2.28. The van der Waals surface area contributed by atoms with Crippen LogP contribution in [-0.4, -0.2) is 0 Å². The summed E-state index contributed by atoms with van der Waals surface area (Å²) in [4.78, 5) is 0. The van der Waals surface area contributed by atoms with Gasteiger partial charge in [-0.15, -0.1) is 0 Å². The molecule has 0 unspecified atom stereocenters. The maximum absolute atomic E-state index is 2.64. The van der Waals surface area contributed by atoms with E-state index in [1.807, 2.05) is 0 Å². The smallest absolute Gasteiger partial charge is 0.0622 e. The predicted molar refractivity (Wildman–Crippen MR) is 161 cm³/mol. The second-order valence-electron chi connectivity index (χ2n) is 9.02. The number of benzene rings is 5. The average molecular weight is 572 g/mol. The van der Waals surface area contributed by atoms with E-state index in [2.05, 4.69) is 174 Å². The molecule has 0 aromatic heterocycles. The molecule has 0 fully saturated rings. The molecule has 1 aliphatic carbocycles. The summed E-state index contributed by atoms with van der Waals surface area (Å²) in [5.74, 6) is 0. The topological polar surface area (TPSA) is 0 Å². The van der Waals surface area contributed by atoms with Crippen LogP contribution in [0.2, 0.25) is 0 Å². The fourth-order valence-corrected chi connectivity index (χ4v) is 7.01. The standard InChI is InChI=1S/C35H25I/c36-34-32(27-18-8-2-9-19-27)31(26-16-6-1-7-17-26)33(28-20-10-3-11-21-28)35(34,29-22-12-4-13-23-29)30-24-14-5-15-25-30/h1-25H. The van der Waals surface area contributed by atoms with Gasteiger partial charge in [0, 0.05) is 9.15 Å². The lowest BCUT2D eigenvalue weighted by Gasteiger charge is -2.36. The zero-order valence-electron chi connectivity index (χ0n) is 19.8. The van der Waals surface area contributed by atoms with Crippen molar-refractivity contribution in [2.75, 3.05) is 0 Å². The molecule has 0 saturated heterocycles. The first-order valence-electron chi connectivity index (χ1n) is 12.2. The van der Waals surface area contributed by atoms with Gasteiger partial charge in [-0.3, -0.25) is 0 Å². The summed E-state index contributed by atoms with van der Waals surface area (Å²) < 4.78 is 1.32. The summed E-state index contributed by atoms with van der Waals surface area (Å²) in [6.07, 6.45) is 0. The van der Waals surface area contributed by atoms with Gasteiger partial charge in [0.05, 0.1) is 5.41 Å². The fourth-order valence-electron chi connectivity index (χ4n) is 5.54. The van der Waals surface area contributed by atoms with Crippen LogP contribution in [-0.2, 0) is 5.41 Å². The van der Waals surface area contributed by atoms with Gasteiger partial charge in [0.1, 0.15) is 0 Å². The third kappa shape index (κ3) is 3.66. The van der Waals surface area contributed by atoms with Crippen LogP contribution >= 0.6 is 22.6 Å². The first-order valence-corrected chi connectivity index (χ1v) is 13.3. The Hall–Kier alpha value is -3.69. The quantitative estimate of drug-likeness (QED) is 0.184. The van der Waals surface area contributed by atoms with E-state index in [9.17, 15) is 0 Å². The highest BCUT2D eigenvalue weighted by molar-refractivity contribution is 14.1. The van der Waals surface area contributed by atoms with Crippen molar-refractivity contribution in [3.05, 3.63) is 183 Å². The molecular formula is C35H25I. The molecule has 0 atom stereocenters. The number of halogens is 1. The summed E-state index contributed by atoms with van der Waals surface area (Å²) >= 11 is 2.64. The highest BCUT2D eigenvalue weighted by Crippen LogP contribution is 2.63. The predicted octanol–water partition coefficient (Wildman–Crippen LogP) is 9.44. The lowest BCUT2D eigenvalue weighted by atomic mass is 9.68. The molecule has 0 aliphatic heterocycles. The lowest BCUT2D eigenvalue weighted by molar-refractivity contribution is 0.845. The van der Waals surface area contributed by atoms with Crippen molar-refractivity contribution in [3.8, 4) is 0 Å². The Kier molecular flexibility index (Phi) is 6.16. The molecule has 0 bridgehead atoms. The van der Waals surface area contributed by atoms with E-state index in [0.717, 1.165) is 0 Å². The van der Waals surface area contributed by atoms with Crippen molar-refractivity contribution < 1.29 is 0 Å². The van der Waals surface area contributed by atoms with Gasteiger partial charge in [-0.25, -0.2) is 0 Å². The summed E-state index contributed by atoms with van der Waals surface area (Å²) in [6, 6.07) is 54.7. The summed E-state index contributed by atoms with van der Waals surface area (Å²) in [7, 11) is 0. The van der Waals surface area contributed by atoms with Crippen molar-refractivity contribution in [1.29, 1.82) is 0 Å². The largest absolute Gasteiger partial charge is 0.0777 e. The summed E-state index contributed by atoms with van der Waals surface area (Å²) in [6.45, 7) is 0. The minimum Gasteiger partial charge on any atom is -0.0622 e. The van der Waals surface area contributed by atoms with Crippen molar-refractivity contribution in [2.45, 2.75) is 5.41 Å². The van der Waals surface area contributed by atoms with Crippen LogP contribution in [0.1, 0.15) is 27.8 Å². The third-order valence-corrected chi connectivity index (χ3v) is 8.37. The van der Waals surface area contributed by atoms with Gasteiger partial charge in [0.15, 0.2) is 0 Å². The van der Waals surface area contributed by atoms with Gasteiger partial charge in [-0.2, -0.15) is 0 Å². The molecule has 5 aromatic carbocycles. The molecule has 6 rings (SSSR count). The van der Waals surface area contributed by atoms with E-state index in [4.69, 9.17) is 0 Å².